The molecule has 1 aliphatic rings. The Bertz CT molecular complexity index is 438. The van der Waals surface area contributed by atoms with Gasteiger partial charge in [0.2, 0.25) is 0 Å². The Kier molecular flexibility index (Phi) is 4.70. The molecule has 2 N–H and O–H groups in total. The molecule has 0 aromatic carbocycles. The van der Waals surface area contributed by atoms with Crippen LogP contribution in [-0.2, 0) is 9.47 Å². The van der Waals surface area contributed by atoms with Crippen LogP contribution in [0.1, 0.15) is 16.9 Å². The molecule has 1 fully saturated rings. The third-order valence-corrected chi connectivity index (χ3v) is 3.26. The number of nitrogens with one attached hydrogen (secondary N) is 1. The van der Waals surface area contributed by atoms with E-state index in [-0.39, 0.29) is 11.8 Å². The summed E-state index contributed by atoms with van der Waals surface area (Å²) in [5, 5.41) is 12.0. The zero-order chi connectivity index (χ0) is 13.7. The Balaban J connectivity index is 1.94. The summed E-state index contributed by atoms with van der Waals surface area (Å²) in [7, 11) is 1.68. The number of methoxy groups -OCH3 is 1. The van der Waals surface area contributed by atoms with Crippen LogP contribution in [-0.4, -0.2) is 49.0 Å². The van der Waals surface area contributed by atoms with E-state index in [0.29, 0.717) is 24.9 Å². The van der Waals surface area contributed by atoms with Crippen LogP contribution in [0.25, 0.3) is 0 Å². The van der Waals surface area contributed by atoms with E-state index in [1.807, 2.05) is 0 Å². The van der Waals surface area contributed by atoms with Crippen LogP contribution in [0, 0.1) is 5.92 Å². The van der Waals surface area contributed by atoms with Gasteiger partial charge in [-0.05, 0) is 18.6 Å². The lowest BCUT2D eigenvalue weighted by Gasteiger charge is -2.30. The van der Waals surface area contributed by atoms with Gasteiger partial charge in [-0.1, -0.05) is 6.07 Å². The van der Waals surface area contributed by atoms with Gasteiger partial charge in [-0.15, -0.1) is 0 Å². The molecule has 2 atom stereocenters. The molecule has 104 valence electrons. The van der Waals surface area contributed by atoms with Gasteiger partial charge in [-0.3, -0.25) is 0 Å². The largest absolute Gasteiger partial charge is 0.477 e. The van der Waals surface area contributed by atoms with Gasteiger partial charge < -0.3 is 19.9 Å². The first-order chi connectivity index (χ1) is 9.20. The van der Waals surface area contributed by atoms with Crippen LogP contribution in [0.15, 0.2) is 18.2 Å². The first-order valence-corrected chi connectivity index (χ1v) is 6.25. The van der Waals surface area contributed by atoms with E-state index in [1.54, 1.807) is 19.2 Å². The topological polar surface area (TPSA) is 80.7 Å². The van der Waals surface area contributed by atoms with Crippen molar-refractivity contribution in [3.63, 3.8) is 0 Å². The molecular weight excluding hydrogens is 248 g/mol. The molecule has 0 aliphatic carbocycles. The molecule has 6 heteroatoms. The smallest absolute Gasteiger partial charge is 0.354 e. The molecule has 19 heavy (non-hydrogen) atoms. The molecule has 0 bridgehead atoms. The molecule has 2 unspecified atom stereocenters. The molecule has 2 rings (SSSR count). The molecule has 2 heterocycles. The third-order valence-electron chi connectivity index (χ3n) is 3.26. The quantitative estimate of drug-likeness (QED) is 0.834. The molecule has 1 aromatic heterocycles. The fraction of sp³-hybridized carbons (Fsp3) is 0.538. The number of hydrogen-bond acceptors (Lipinski definition) is 5. The van der Waals surface area contributed by atoms with Crippen LogP contribution < -0.4 is 5.32 Å². The highest BCUT2D eigenvalue weighted by Crippen LogP contribution is 2.18. The van der Waals surface area contributed by atoms with Crippen LogP contribution in [0.3, 0.4) is 0 Å². The van der Waals surface area contributed by atoms with Crippen molar-refractivity contribution in [1.82, 2.24) is 4.98 Å². The lowest BCUT2D eigenvalue weighted by molar-refractivity contribution is -0.0615. The monoisotopic (exact) mass is 266 g/mol. The van der Waals surface area contributed by atoms with Gasteiger partial charge >= 0.3 is 5.97 Å². The number of pyridine rings is 1. The molecule has 0 spiro atoms. The van der Waals surface area contributed by atoms with Gasteiger partial charge in [0.1, 0.15) is 5.82 Å². The maximum Gasteiger partial charge on any atom is 0.354 e. The number of nitrogens with zero attached hydrogens (tertiary/aromatic N) is 1. The predicted octanol–water partition coefficient (Wildman–Crippen LogP) is 1.24. The highest BCUT2D eigenvalue weighted by Gasteiger charge is 2.25. The van der Waals surface area contributed by atoms with E-state index in [0.717, 1.165) is 13.0 Å². The molecule has 0 amide bonds. The van der Waals surface area contributed by atoms with Crippen molar-refractivity contribution in [3.8, 4) is 0 Å². The normalized spacial score (nSPS) is 23.0. The van der Waals surface area contributed by atoms with E-state index in [4.69, 9.17) is 14.6 Å². The van der Waals surface area contributed by atoms with Gasteiger partial charge in [-0.2, -0.15) is 0 Å². The summed E-state index contributed by atoms with van der Waals surface area (Å²) in [6, 6.07) is 4.91. The fourth-order valence-corrected chi connectivity index (χ4v) is 2.14. The predicted molar refractivity (Wildman–Crippen MR) is 69.4 cm³/mol. The van der Waals surface area contributed by atoms with E-state index in [2.05, 4.69) is 10.3 Å². The van der Waals surface area contributed by atoms with Crippen molar-refractivity contribution in [2.24, 2.45) is 5.92 Å². The zero-order valence-corrected chi connectivity index (χ0v) is 10.8. The number of rotatable bonds is 5. The summed E-state index contributed by atoms with van der Waals surface area (Å²) >= 11 is 0. The fourth-order valence-electron chi connectivity index (χ4n) is 2.14. The van der Waals surface area contributed by atoms with E-state index >= 15 is 0 Å². The summed E-state index contributed by atoms with van der Waals surface area (Å²) in [5.41, 5.74) is 0.0419. The van der Waals surface area contributed by atoms with Crippen LogP contribution in [0.5, 0.6) is 0 Å². The first-order valence-electron chi connectivity index (χ1n) is 6.25. The number of hydrogen-bond donors (Lipinski definition) is 2. The van der Waals surface area contributed by atoms with E-state index < -0.39 is 5.97 Å². The lowest BCUT2D eigenvalue weighted by atomic mass is 9.97. The van der Waals surface area contributed by atoms with Crippen molar-refractivity contribution in [3.05, 3.63) is 23.9 Å². The number of ether oxygens (including phenoxy) is 2. The average molecular weight is 266 g/mol. The number of aromatic carboxylic acids is 1. The number of carbonyl (C=O) groups is 1. The Morgan fingerprint density at radius 1 is 1.63 bits per heavy atom. The average Bonchev–Trinajstić information content (AvgIpc) is 2.45. The maximum atomic E-state index is 10.8. The minimum Gasteiger partial charge on any atom is -0.477 e. The second kappa shape index (κ2) is 6.49. The first kappa shape index (κ1) is 13.8. The van der Waals surface area contributed by atoms with E-state index in [9.17, 15) is 4.79 Å². The highest BCUT2D eigenvalue weighted by molar-refractivity contribution is 5.85. The Morgan fingerprint density at radius 2 is 2.47 bits per heavy atom. The van der Waals surface area contributed by atoms with Gasteiger partial charge in [0.15, 0.2) is 5.69 Å². The lowest BCUT2D eigenvalue weighted by Crippen LogP contribution is -2.37. The summed E-state index contributed by atoms with van der Waals surface area (Å²) in [4.78, 5) is 14.9. The van der Waals surface area contributed by atoms with Crippen LogP contribution in [0.2, 0.25) is 0 Å². The number of anilines is 1. The third kappa shape index (κ3) is 3.65. The highest BCUT2D eigenvalue weighted by atomic mass is 16.5. The van der Waals surface area contributed by atoms with E-state index in [1.165, 1.54) is 6.07 Å². The van der Waals surface area contributed by atoms with Crippen LogP contribution in [0.4, 0.5) is 5.82 Å². The number of carboxylic acids is 1. The molecule has 1 saturated heterocycles. The van der Waals surface area contributed by atoms with Gasteiger partial charge in [-0.25, -0.2) is 9.78 Å². The summed E-state index contributed by atoms with van der Waals surface area (Å²) in [6.45, 7) is 2.03. The van der Waals surface area contributed by atoms with Gasteiger partial charge in [0.05, 0.1) is 12.7 Å². The van der Waals surface area contributed by atoms with Crippen molar-refractivity contribution >= 4 is 11.8 Å². The zero-order valence-electron chi connectivity index (χ0n) is 10.8. The second-order valence-corrected chi connectivity index (χ2v) is 4.49. The van der Waals surface area contributed by atoms with Gasteiger partial charge in [0, 0.05) is 26.2 Å². The SMILES string of the molecule is COC1COCCC1CNc1cccc(C(=O)O)n1. The molecule has 0 saturated carbocycles. The van der Waals surface area contributed by atoms with Crippen molar-refractivity contribution in [2.75, 3.05) is 32.2 Å². The van der Waals surface area contributed by atoms with Crippen molar-refractivity contribution in [2.45, 2.75) is 12.5 Å². The molecule has 6 nitrogen and oxygen atoms in total. The second-order valence-electron chi connectivity index (χ2n) is 4.49. The Hall–Kier alpha value is -1.66. The summed E-state index contributed by atoms with van der Waals surface area (Å²) in [6.07, 6.45) is 0.994. The van der Waals surface area contributed by atoms with Crippen molar-refractivity contribution < 1.29 is 19.4 Å². The molecule has 1 aromatic rings. The molecule has 1 aliphatic heterocycles. The molecular formula is C13H18N2O4. The minimum atomic E-state index is -1.02. The van der Waals surface area contributed by atoms with Crippen LogP contribution >= 0.6 is 0 Å². The number of carboxylic acid groups (broad SMARTS) is 1. The Morgan fingerprint density at radius 3 is 3.21 bits per heavy atom. The maximum absolute atomic E-state index is 10.8. The number of aromatic nitrogens is 1. The standard InChI is InChI=1S/C13H18N2O4/c1-18-11-8-19-6-5-9(11)7-14-12-4-2-3-10(15-12)13(16)17/h2-4,9,11H,5-8H2,1H3,(H,14,15)(H,16,17). The van der Waals surface area contributed by atoms with Crippen molar-refractivity contribution in [1.29, 1.82) is 0 Å². The Labute approximate surface area is 111 Å². The van der Waals surface area contributed by atoms with Gasteiger partial charge in [0.25, 0.3) is 0 Å². The minimum absolute atomic E-state index is 0.0419. The summed E-state index contributed by atoms with van der Waals surface area (Å²) in [5.74, 6) is -0.111. The summed E-state index contributed by atoms with van der Waals surface area (Å²) < 4.78 is 10.7. The molecule has 0 radical (unpaired) electrons.